The van der Waals surface area contributed by atoms with Crippen LogP contribution in [0, 0.1) is 6.92 Å². The number of thioether (sulfide) groups is 1. The second-order valence-electron chi connectivity index (χ2n) is 8.33. The molecule has 0 fully saturated rings. The lowest BCUT2D eigenvalue weighted by molar-refractivity contribution is -0.138. The molecule has 3 aromatic rings. The molecular weight excluding hydrogens is 392 g/mol. The Morgan fingerprint density at radius 3 is 2.29 bits per heavy atom. The van der Waals surface area contributed by atoms with Crippen LogP contribution in [-0.4, -0.2) is 25.8 Å². The van der Waals surface area contributed by atoms with Crippen molar-refractivity contribution in [3.63, 3.8) is 0 Å². The van der Waals surface area contributed by atoms with E-state index in [-0.39, 0.29) is 11.0 Å². The fourth-order valence-corrected chi connectivity index (χ4v) is 4.87. The van der Waals surface area contributed by atoms with Gasteiger partial charge in [-0.25, -0.2) is 4.98 Å². The number of H-pyrrole nitrogens is 1. The Morgan fingerprint density at radius 2 is 1.75 bits per heavy atom. The minimum atomic E-state index is -1.08. The monoisotopic (exact) mass is 416 g/mol. The van der Waals surface area contributed by atoms with Crippen LogP contribution in [0.3, 0.4) is 0 Å². The summed E-state index contributed by atoms with van der Waals surface area (Å²) in [6.07, 6.45) is 0. The van der Waals surface area contributed by atoms with Gasteiger partial charge in [0.05, 0.1) is 5.39 Å². The minimum absolute atomic E-state index is 0.0619. The predicted molar refractivity (Wildman–Crippen MR) is 117 cm³/mol. The van der Waals surface area contributed by atoms with Crippen LogP contribution in [-0.2, 0) is 10.2 Å². The minimum Gasteiger partial charge on any atom is -0.480 e. The molecule has 0 aliphatic heterocycles. The second-order valence-corrected chi connectivity index (χ2v) is 11.1. The molecule has 0 atom stereocenters. The Bertz CT molecular complexity index is 1100. The molecule has 0 saturated carbocycles. The quantitative estimate of drug-likeness (QED) is 0.450. The van der Waals surface area contributed by atoms with Gasteiger partial charge < -0.3 is 10.1 Å². The number of aromatic amines is 1. The highest BCUT2D eigenvalue weighted by Crippen LogP contribution is 2.38. The molecule has 3 rings (SSSR count). The van der Waals surface area contributed by atoms with Gasteiger partial charge in [0.1, 0.15) is 9.58 Å². The maximum absolute atomic E-state index is 12.8. The van der Waals surface area contributed by atoms with Gasteiger partial charge in [0.15, 0.2) is 5.16 Å². The average molecular weight is 417 g/mol. The Balaban J connectivity index is 2.10. The van der Waals surface area contributed by atoms with Crippen LogP contribution in [0.1, 0.15) is 45.1 Å². The van der Waals surface area contributed by atoms with Crippen molar-refractivity contribution in [2.75, 3.05) is 0 Å². The predicted octanol–water partition coefficient (Wildman–Crippen LogP) is 5.21. The normalized spacial score (nSPS) is 12.5. The molecule has 1 aromatic carbocycles. The van der Waals surface area contributed by atoms with Crippen LogP contribution in [0.15, 0.2) is 34.2 Å². The van der Waals surface area contributed by atoms with Gasteiger partial charge in [0.25, 0.3) is 5.56 Å². The molecule has 0 saturated heterocycles. The number of rotatable bonds is 4. The van der Waals surface area contributed by atoms with E-state index in [2.05, 4.69) is 42.9 Å². The molecule has 2 N–H and O–H groups in total. The molecule has 2 heterocycles. The van der Waals surface area contributed by atoms with Crippen LogP contribution in [0.25, 0.3) is 21.3 Å². The van der Waals surface area contributed by atoms with Gasteiger partial charge >= 0.3 is 5.97 Å². The van der Waals surface area contributed by atoms with Gasteiger partial charge in [-0.15, -0.1) is 11.3 Å². The fraction of sp³-hybridized carbons (Fsp3) is 0.381. The highest BCUT2D eigenvalue weighted by molar-refractivity contribution is 8.01. The lowest BCUT2D eigenvalue weighted by Crippen LogP contribution is -2.27. The molecule has 0 aliphatic rings. The van der Waals surface area contributed by atoms with Gasteiger partial charge in [0, 0.05) is 10.4 Å². The van der Waals surface area contributed by atoms with E-state index >= 15 is 0 Å². The number of nitrogens with one attached hydrogen (secondary N) is 1. The molecule has 0 aliphatic carbocycles. The molecule has 7 heteroatoms. The molecule has 5 nitrogen and oxygen atoms in total. The summed E-state index contributed by atoms with van der Waals surface area (Å²) in [6, 6.07) is 8.29. The first-order chi connectivity index (χ1) is 12.9. The van der Waals surface area contributed by atoms with Gasteiger partial charge in [-0.2, -0.15) is 0 Å². The number of carbonyl (C=O) groups is 1. The zero-order valence-corrected chi connectivity index (χ0v) is 18.5. The molecule has 0 spiro atoms. The highest BCUT2D eigenvalue weighted by Gasteiger charge is 2.30. The SMILES string of the molecule is Cc1sc2nc(SC(C)(C)C(=O)O)[nH]c(=O)c2c1-c1ccc(C(C)(C)C)cc1. The number of fused-ring (bicyclic) bond motifs is 1. The lowest BCUT2D eigenvalue weighted by atomic mass is 9.86. The molecule has 28 heavy (non-hydrogen) atoms. The number of aromatic nitrogens is 2. The van der Waals surface area contributed by atoms with Crippen molar-refractivity contribution in [2.45, 2.75) is 56.9 Å². The summed E-state index contributed by atoms with van der Waals surface area (Å²) in [5, 5.41) is 10.2. The largest absolute Gasteiger partial charge is 0.480 e. The van der Waals surface area contributed by atoms with Crippen LogP contribution >= 0.6 is 23.1 Å². The van der Waals surface area contributed by atoms with E-state index < -0.39 is 10.7 Å². The summed E-state index contributed by atoms with van der Waals surface area (Å²) in [6.45, 7) is 11.7. The van der Waals surface area contributed by atoms with Crippen LogP contribution in [0.2, 0.25) is 0 Å². The van der Waals surface area contributed by atoms with Gasteiger partial charge in [0.2, 0.25) is 0 Å². The van der Waals surface area contributed by atoms with Gasteiger partial charge in [-0.1, -0.05) is 56.8 Å². The van der Waals surface area contributed by atoms with E-state index in [4.69, 9.17) is 0 Å². The zero-order valence-electron chi connectivity index (χ0n) is 16.8. The Kier molecular flexibility index (Phi) is 5.18. The van der Waals surface area contributed by atoms with E-state index in [1.54, 1.807) is 13.8 Å². The third-order valence-electron chi connectivity index (χ3n) is 4.62. The third kappa shape index (κ3) is 3.86. The van der Waals surface area contributed by atoms with E-state index in [9.17, 15) is 14.7 Å². The average Bonchev–Trinajstić information content (AvgIpc) is 2.90. The van der Waals surface area contributed by atoms with E-state index in [0.29, 0.717) is 15.4 Å². The van der Waals surface area contributed by atoms with Crippen molar-refractivity contribution >= 4 is 39.3 Å². The fourth-order valence-electron chi connectivity index (χ4n) is 2.92. The zero-order chi connectivity index (χ0) is 20.9. The second kappa shape index (κ2) is 7.04. The number of nitrogens with zero attached hydrogens (tertiary/aromatic N) is 1. The summed E-state index contributed by atoms with van der Waals surface area (Å²) in [5.41, 5.74) is 2.92. The standard InChI is InChI=1S/C21H24N2O3S2/c1-11-14(12-7-9-13(10-8-12)20(2,3)4)15-16(24)22-19(23-17(15)27-11)28-21(5,6)18(25)26/h7-10H,1-6H3,(H,25,26)(H,22,23,24). The first-order valence-electron chi connectivity index (χ1n) is 8.97. The third-order valence-corrected chi connectivity index (χ3v) is 6.69. The topological polar surface area (TPSA) is 83.0 Å². The highest BCUT2D eigenvalue weighted by atomic mass is 32.2. The summed E-state index contributed by atoms with van der Waals surface area (Å²) < 4.78 is -1.08. The Hall–Kier alpha value is -2.12. The Morgan fingerprint density at radius 1 is 1.14 bits per heavy atom. The van der Waals surface area contributed by atoms with Crippen LogP contribution in [0.5, 0.6) is 0 Å². The van der Waals surface area contributed by atoms with Crippen LogP contribution in [0.4, 0.5) is 0 Å². The number of carboxylic acids is 1. The van der Waals surface area contributed by atoms with Crippen molar-refractivity contribution in [2.24, 2.45) is 0 Å². The number of hydrogen-bond donors (Lipinski definition) is 2. The molecule has 2 aromatic heterocycles. The Labute approximate surface area is 172 Å². The molecule has 0 radical (unpaired) electrons. The van der Waals surface area contributed by atoms with Crippen molar-refractivity contribution in [3.8, 4) is 11.1 Å². The molecule has 0 amide bonds. The van der Waals surface area contributed by atoms with E-state index in [1.165, 1.54) is 16.9 Å². The first kappa shape index (κ1) is 20.6. The molecular formula is C21H24N2O3S2. The van der Waals surface area contributed by atoms with Gasteiger partial charge in [-0.3, -0.25) is 9.59 Å². The number of benzene rings is 1. The number of hydrogen-bond acceptors (Lipinski definition) is 5. The first-order valence-corrected chi connectivity index (χ1v) is 10.6. The molecule has 0 unspecified atom stereocenters. The van der Waals surface area contributed by atoms with Crippen molar-refractivity contribution in [1.29, 1.82) is 0 Å². The summed E-state index contributed by atoms with van der Waals surface area (Å²) in [4.78, 5) is 33.1. The van der Waals surface area contributed by atoms with Crippen molar-refractivity contribution < 1.29 is 9.90 Å². The maximum atomic E-state index is 12.8. The summed E-state index contributed by atoms with van der Waals surface area (Å²) in [5.74, 6) is -0.956. The number of aryl methyl sites for hydroxylation is 1. The number of carboxylic acid groups (broad SMARTS) is 1. The van der Waals surface area contributed by atoms with Crippen molar-refractivity contribution in [3.05, 3.63) is 45.1 Å². The summed E-state index contributed by atoms with van der Waals surface area (Å²) >= 11 is 2.49. The van der Waals surface area contributed by atoms with Gasteiger partial charge in [-0.05, 0) is 37.3 Å². The maximum Gasteiger partial charge on any atom is 0.319 e. The lowest BCUT2D eigenvalue weighted by Gasteiger charge is -2.19. The number of aliphatic carboxylic acids is 1. The van der Waals surface area contributed by atoms with Crippen molar-refractivity contribution in [1.82, 2.24) is 9.97 Å². The van der Waals surface area contributed by atoms with E-state index in [0.717, 1.165) is 27.8 Å². The number of thiophene rings is 1. The van der Waals surface area contributed by atoms with Crippen LogP contribution < -0.4 is 5.56 Å². The molecule has 148 valence electrons. The van der Waals surface area contributed by atoms with E-state index in [1.807, 2.05) is 19.1 Å². The smallest absolute Gasteiger partial charge is 0.319 e. The molecule has 0 bridgehead atoms. The summed E-state index contributed by atoms with van der Waals surface area (Å²) in [7, 11) is 0.